The van der Waals surface area contributed by atoms with Crippen molar-refractivity contribution in [3.8, 4) is 0 Å². The van der Waals surface area contributed by atoms with E-state index >= 15 is 0 Å². The molecule has 1 N–H and O–H groups in total. The van der Waals surface area contributed by atoms with Gasteiger partial charge in [-0.2, -0.15) is 9.78 Å². The molecule has 24 heavy (non-hydrogen) atoms. The van der Waals surface area contributed by atoms with Crippen LogP contribution < -0.4 is 0 Å². The lowest BCUT2D eigenvalue weighted by atomic mass is 10.2. The SMILES string of the molecule is Fc1ccc(/C=N\n2c(SCc3ccccc3)n[nH]c2=S)c(F)c1. The van der Waals surface area contributed by atoms with E-state index in [0.717, 1.165) is 11.6 Å². The van der Waals surface area contributed by atoms with Crippen molar-refractivity contribution in [1.82, 2.24) is 14.9 Å². The summed E-state index contributed by atoms with van der Waals surface area (Å²) in [4.78, 5) is 0. The van der Waals surface area contributed by atoms with Crippen molar-refractivity contribution in [2.75, 3.05) is 0 Å². The van der Waals surface area contributed by atoms with Gasteiger partial charge in [0.05, 0.1) is 6.21 Å². The summed E-state index contributed by atoms with van der Waals surface area (Å²) in [5.74, 6) is -0.628. The summed E-state index contributed by atoms with van der Waals surface area (Å²) in [5, 5.41) is 11.5. The van der Waals surface area contributed by atoms with E-state index in [2.05, 4.69) is 15.3 Å². The highest BCUT2D eigenvalue weighted by Gasteiger charge is 2.07. The molecule has 0 saturated heterocycles. The first-order valence-electron chi connectivity index (χ1n) is 6.97. The van der Waals surface area contributed by atoms with Crippen molar-refractivity contribution < 1.29 is 8.78 Å². The largest absolute Gasteiger partial charge is 0.249 e. The van der Waals surface area contributed by atoms with Gasteiger partial charge in [-0.15, -0.1) is 5.10 Å². The first-order chi connectivity index (χ1) is 11.6. The number of aromatic amines is 1. The highest BCUT2D eigenvalue weighted by Crippen LogP contribution is 2.21. The number of H-pyrrole nitrogens is 1. The van der Waals surface area contributed by atoms with Gasteiger partial charge < -0.3 is 0 Å². The van der Waals surface area contributed by atoms with Crippen molar-refractivity contribution in [1.29, 1.82) is 0 Å². The Bertz CT molecular complexity index is 919. The average molecular weight is 362 g/mol. The lowest BCUT2D eigenvalue weighted by Crippen LogP contribution is -1.96. The Kier molecular flexibility index (Phi) is 5.17. The smallest absolute Gasteiger partial charge is 0.217 e. The van der Waals surface area contributed by atoms with Crippen LogP contribution in [0.1, 0.15) is 11.1 Å². The molecule has 1 aromatic heterocycles. The normalized spacial score (nSPS) is 11.2. The quantitative estimate of drug-likeness (QED) is 0.416. The Morgan fingerprint density at radius 1 is 1.21 bits per heavy atom. The maximum absolute atomic E-state index is 13.7. The Labute approximate surface area is 146 Å². The number of thioether (sulfide) groups is 1. The molecule has 2 aromatic carbocycles. The van der Waals surface area contributed by atoms with Gasteiger partial charge in [0.2, 0.25) is 9.93 Å². The molecule has 4 nitrogen and oxygen atoms in total. The molecule has 0 aliphatic carbocycles. The van der Waals surface area contributed by atoms with Gasteiger partial charge in [0.1, 0.15) is 11.6 Å². The van der Waals surface area contributed by atoms with Crippen molar-refractivity contribution in [2.45, 2.75) is 10.9 Å². The zero-order valence-corrected chi connectivity index (χ0v) is 14.0. The summed E-state index contributed by atoms with van der Waals surface area (Å²) in [7, 11) is 0. The Hall–Kier alpha value is -2.32. The lowest BCUT2D eigenvalue weighted by Gasteiger charge is -2.01. The monoisotopic (exact) mass is 362 g/mol. The molecular weight excluding hydrogens is 350 g/mol. The lowest BCUT2D eigenvalue weighted by molar-refractivity contribution is 0.582. The molecular formula is C16H12F2N4S2. The van der Waals surface area contributed by atoms with Crippen LogP contribution in [0.4, 0.5) is 8.78 Å². The third-order valence-corrected chi connectivity index (χ3v) is 4.37. The molecule has 0 aliphatic rings. The Balaban J connectivity index is 1.79. The molecule has 3 aromatic rings. The molecule has 3 rings (SSSR count). The van der Waals surface area contributed by atoms with E-state index in [-0.39, 0.29) is 5.56 Å². The van der Waals surface area contributed by atoms with E-state index in [9.17, 15) is 8.78 Å². The molecule has 0 amide bonds. The third-order valence-electron chi connectivity index (χ3n) is 3.11. The molecule has 0 atom stereocenters. The number of hydrogen-bond acceptors (Lipinski definition) is 4. The third kappa shape index (κ3) is 3.95. The van der Waals surface area contributed by atoms with Crippen molar-refractivity contribution >= 4 is 30.2 Å². The van der Waals surface area contributed by atoms with Crippen LogP contribution in [0.2, 0.25) is 0 Å². The summed E-state index contributed by atoms with van der Waals surface area (Å²) < 4.78 is 28.3. The number of aromatic nitrogens is 3. The van der Waals surface area contributed by atoms with Crippen molar-refractivity contribution in [3.05, 3.63) is 76.1 Å². The standard InChI is InChI=1S/C16H12F2N4S2/c17-13-7-6-12(14(18)8-13)9-19-22-15(23)20-21-16(22)24-10-11-4-2-1-3-5-11/h1-9H,10H2,(H,20,23)/b19-9-. The van der Waals surface area contributed by atoms with Crippen LogP contribution >= 0.6 is 24.0 Å². The fourth-order valence-corrected chi connectivity index (χ4v) is 3.02. The van der Waals surface area contributed by atoms with E-state index in [1.54, 1.807) is 0 Å². The summed E-state index contributed by atoms with van der Waals surface area (Å²) in [5.41, 5.74) is 1.30. The number of nitrogens with one attached hydrogen (secondary N) is 1. The fraction of sp³-hybridized carbons (Fsp3) is 0.0625. The predicted molar refractivity (Wildman–Crippen MR) is 92.8 cm³/mol. The van der Waals surface area contributed by atoms with Crippen LogP contribution in [0.3, 0.4) is 0 Å². The van der Waals surface area contributed by atoms with Crippen LogP contribution in [0, 0.1) is 16.4 Å². The van der Waals surface area contributed by atoms with Gasteiger partial charge in [0.25, 0.3) is 0 Å². The topological polar surface area (TPSA) is 46.0 Å². The Morgan fingerprint density at radius 2 is 2.00 bits per heavy atom. The van der Waals surface area contributed by atoms with Gasteiger partial charge in [-0.1, -0.05) is 42.1 Å². The number of halogens is 2. The summed E-state index contributed by atoms with van der Waals surface area (Å²) >= 11 is 6.59. The van der Waals surface area contributed by atoms with Gasteiger partial charge in [-0.25, -0.2) is 13.9 Å². The average Bonchev–Trinajstić information content (AvgIpc) is 2.93. The van der Waals surface area contributed by atoms with Crippen LogP contribution in [-0.2, 0) is 5.75 Å². The van der Waals surface area contributed by atoms with Crippen LogP contribution in [0.25, 0.3) is 0 Å². The van der Waals surface area contributed by atoms with Crippen LogP contribution in [0.15, 0.2) is 58.8 Å². The molecule has 0 radical (unpaired) electrons. The summed E-state index contributed by atoms with van der Waals surface area (Å²) in [6.07, 6.45) is 1.28. The van der Waals surface area contributed by atoms with E-state index in [1.165, 1.54) is 34.8 Å². The highest BCUT2D eigenvalue weighted by molar-refractivity contribution is 7.98. The van der Waals surface area contributed by atoms with Gasteiger partial charge in [-0.3, -0.25) is 0 Å². The molecule has 0 saturated carbocycles. The zero-order chi connectivity index (χ0) is 16.9. The second kappa shape index (κ2) is 7.50. The maximum atomic E-state index is 13.7. The second-order valence-electron chi connectivity index (χ2n) is 4.81. The predicted octanol–water partition coefficient (Wildman–Crippen LogP) is 4.39. The van der Waals surface area contributed by atoms with Gasteiger partial charge in [-0.05, 0) is 29.9 Å². The van der Waals surface area contributed by atoms with Gasteiger partial charge >= 0.3 is 0 Å². The first-order valence-corrected chi connectivity index (χ1v) is 8.36. The molecule has 0 bridgehead atoms. The first kappa shape index (κ1) is 16.5. The minimum absolute atomic E-state index is 0.165. The Morgan fingerprint density at radius 3 is 2.75 bits per heavy atom. The van der Waals surface area contributed by atoms with Crippen molar-refractivity contribution in [2.24, 2.45) is 5.10 Å². The molecule has 0 aliphatic heterocycles. The number of benzene rings is 2. The molecule has 0 unspecified atom stereocenters. The van der Waals surface area contributed by atoms with E-state index < -0.39 is 11.6 Å². The second-order valence-corrected chi connectivity index (χ2v) is 6.14. The van der Waals surface area contributed by atoms with Crippen LogP contribution in [-0.4, -0.2) is 21.1 Å². The zero-order valence-electron chi connectivity index (χ0n) is 12.3. The minimum Gasteiger partial charge on any atom is -0.249 e. The fourth-order valence-electron chi connectivity index (χ4n) is 1.92. The van der Waals surface area contributed by atoms with E-state index in [4.69, 9.17) is 12.2 Å². The summed E-state index contributed by atoms with van der Waals surface area (Å²) in [6.45, 7) is 0. The molecule has 1 heterocycles. The van der Waals surface area contributed by atoms with Gasteiger partial charge in [0, 0.05) is 17.4 Å². The van der Waals surface area contributed by atoms with Gasteiger partial charge in [0.15, 0.2) is 0 Å². The minimum atomic E-state index is -0.688. The molecule has 0 fully saturated rings. The van der Waals surface area contributed by atoms with Crippen molar-refractivity contribution in [3.63, 3.8) is 0 Å². The number of hydrogen-bond donors (Lipinski definition) is 1. The molecule has 8 heteroatoms. The number of rotatable bonds is 5. The van der Waals surface area contributed by atoms with Crippen LogP contribution in [0.5, 0.6) is 0 Å². The molecule has 0 spiro atoms. The maximum Gasteiger partial charge on any atom is 0.217 e. The van der Waals surface area contributed by atoms with E-state index in [0.29, 0.717) is 15.7 Å². The van der Waals surface area contributed by atoms with E-state index in [1.807, 2.05) is 30.3 Å². The molecule has 122 valence electrons. The number of nitrogens with zero attached hydrogens (tertiary/aromatic N) is 3. The highest BCUT2D eigenvalue weighted by atomic mass is 32.2. The summed E-state index contributed by atoms with van der Waals surface area (Å²) in [6, 6.07) is 13.2.